The number of hydroxylamine groups is 1. The fraction of sp³-hybridized carbons (Fsp3) is 0.533. The Hall–Kier alpha value is -3.70. The number of benzene rings is 1. The zero-order valence-corrected chi connectivity index (χ0v) is 24.5. The Balaban J connectivity index is 1.42. The second-order valence-corrected chi connectivity index (χ2v) is 12.0. The van der Waals surface area contributed by atoms with Gasteiger partial charge >= 0.3 is 6.09 Å². The summed E-state index contributed by atoms with van der Waals surface area (Å²) in [6.07, 6.45) is 0.853. The summed E-state index contributed by atoms with van der Waals surface area (Å²) in [5.74, 6) is -0.662. The van der Waals surface area contributed by atoms with Crippen molar-refractivity contribution in [3.8, 4) is 5.75 Å². The van der Waals surface area contributed by atoms with Crippen molar-refractivity contribution in [2.75, 3.05) is 19.6 Å². The SMILES string of the molecule is Cc1cc(COc2ccc(C3(N)CCN(C(C(=O)NO)C4CCN(C(=O)OC(C)(C)C)CC4)C3=O)cc2)cc(C)n1. The number of nitrogens with one attached hydrogen (secondary N) is 1. The third kappa shape index (κ3) is 6.97. The molecule has 2 aromatic rings. The number of piperidine rings is 1. The van der Waals surface area contributed by atoms with Gasteiger partial charge in [-0.05, 0) is 95.2 Å². The molecule has 1 aromatic carbocycles. The van der Waals surface area contributed by atoms with Gasteiger partial charge in [0.25, 0.3) is 5.91 Å². The molecule has 4 N–H and O–H groups in total. The highest BCUT2D eigenvalue weighted by molar-refractivity contribution is 5.94. The zero-order chi connectivity index (χ0) is 29.9. The van der Waals surface area contributed by atoms with Crippen LogP contribution in [0, 0.1) is 19.8 Å². The minimum Gasteiger partial charge on any atom is -0.489 e. The number of amides is 3. The van der Waals surface area contributed by atoms with E-state index in [2.05, 4.69) is 4.98 Å². The Morgan fingerprint density at radius 3 is 2.29 bits per heavy atom. The highest BCUT2D eigenvalue weighted by Gasteiger charge is 2.50. The predicted molar refractivity (Wildman–Crippen MR) is 151 cm³/mol. The van der Waals surface area contributed by atoms with Crippen LogP contribution in [0.25, 0.3) is 0 Å². The van der Waals surface area contributed by atoms with Crippen molar-refractivity contribution in [2.45, 2.75) is 77.7 Å². The van der Waals surface area contributed by atoms with Crippen LogP contribution in [-0.4, -0.2) is 69.2 Å². The van der Waals surface area contributed by atoms with Crippen molar-refractivity contribution in [3.63, 3.8) is 0 Å². The van der Waals surface area contributed by atoms with Crippen molar-refractivity contribution in [2.24, 2.45) is 11.7 Å². The molecular formula is C30H41N5O6. The van der Waals surface area contributed by atoms with Gasteiger partial charge < -0.3 is 25.0 Å². The topological polar surface area (TPSA) is 147 Å². The van der Waals surface area contributed by atoms with E-state index in [1.807, 2.05) is 46.8 Å². The van der Waals surface area contributed by atoms with Crippen LogP contribution in [0.3, 0.4) is 0 Å². The lowest BCUT2D eigenvalue weighted by Gasteiger charge is -2.39. The van der Waals surface area contributed by atoms with Gasteiger partial charge in [-0.3, -0.25) is 19.8 Å². The summed E-state index contributed by atoms with van der Waals surface area (Å²) in [5, 5.41) is 9.52. The summed E-state index contributed by atoms with van der Waals surface area (Å²) in [5.41, 5.74) is 9.99. The third-order valence-electron chi connectivity index (χ3n) is 7.66. The molecule has 11 nitrogen and oxygen atoms in total. The largest absolute Gasteiger partial charge is 0.489 e. The molecule has 0 saturated carbocycles. The second-order valence-electron chi connectivity index (χ2n) is 12.0. The van der Waals surface area contributed by atoms with Crippen molar-refractivity contribution in [1.29, 1.82) is 0 Å². The Labute approximate surface area is 240 Å². The predicted octanol–water partition coefficient (Wildman–Crippen LogP) is 3.18. The molecule has 0 spiro atoms. The van der Waals surface area contributed by atoms with Crippen LogP contribution in [0.2, 0.25) is 0 Å². The highest BCUT2D eigenvalue weighted by atomic mass is 16.6. The minimum absolute atomic E-state index is 0.261. The fourth-order valence-corrected chi connectivity index (χ4v) is 5.71. The summed E-state index contributed by atoms with van der Waals surface area (Å²) >= 11 is 0. The summed E-state index contributed by atoms with van der Waals surface area (Å²) in [7, 11) is 0. The molecule has 2 atom stereocenters. The normalized spacial score (nSPS) is 20.6. The first-order valence-corrected chi connectivity index (χ1v) is 14.0. The molecule has 0 bridgehead atoms. The molecule has 0 aliphatic carbocycles. The quantitative estimate of drug-likeness (QED) is 0.341. The van der Waals surface area contributed by atoms with Crippen LogP contribution in [0.4, 0.5) is 4.79 Å². The van der Waals surface area contributed by atoms with Gasteiger partial charge in [0, 0.05) is 31.0 Å². The van der Waals surface area contributed by atoms with Crippen LogP contribution < -0.4 is 16.0 Å². The monoisotopic (exact) mass is 567 g/mol. The Morgan fingerprint density at radius 2 is 1.73 bits per heavy atom. The molecule has 222 valence electrons. The highest BCUT2D eigenvalue weighted by Crippen LogP contribution is 2.36. The number of pyridine rings is 1. The second kappa shape index (κ2) is 12.0. The van der Waals surface area contributed by atoms with Gasteiger partial charge in [0.15, 0.2) is 0 Å². The lowest BCUT2D eigenvalue weighted by molar-refractivity contribution is -0.147. The van der Waals surface area contributed by atoms with E-state index in [9.17, 15) is 19.6 Å². The molecule has 3 amide bonds. The number of likely N-dealkylation sites (tertiary alicyclic amines) is 2. The Morgan fingerprint density at radius 1 is 1.12 bits per heavy atom. The van der Waals surface area contributed by atoms with Crippen molar-refractivity contribution in [3.05, 3.63) is 58.9 Å². The molecule has 11 heteroatoms. The van der Waals surface area contributed by atoms with Gasteiger partial charge in [0.05, 0.1) is 0 Å². The molecule has 41 heavy (non-hydrogen) atoms. The number of hydrogen-bond acceptors (Lipinski definition) is 8. The van der Waals surface area contributed by atoms with E-state index in [0.29, 0.717) is 50.3 Å². The number of nitrogens with zero attached hydrogens (tertiary/aromatic N) is 3. The summed E-state index contributed by atoms with van der Waals surface area (Å²) in [6.45, 7) is 10.7. The summed E-state index contributed by atoms with van der Waals surface area (Å²) in [6, 6.07) is 10.2. The third-order valence-corrected chi connectivity index (χ3v) is 7.66. The molecule has 0 radical (unpaired) electrons. The van der Waals surface area contributed by atoms with E-state index in [1.165, 1.54) is 4.90 Å². The van der Waals surface area contributed by atoms with Gasteiger partial charge in [0.1, 0.15) is 29.5 Å². The molecular weight excluding hydrogens is 526 g/mol. The number of hydrogen-bond donors (Lipinski definition) is 3. The van der Waals surface area contributed by atoms with E-state index in [4.69, 9.17) is 15.2 Å². The number of aromatic nitrogens is 1. The van der Waals surface area contributed by atoms with Crippen molar-refractivity contribution >= 4 is 17.9 Å². The number of carbonyl (C=O) groups is 3. The van der Waals surface area contributed by atoms with Crippen LogP contribution >= 0.6 is 0 Å². The Bertz CT molecular complexity index is 1250. The number of carbonyl (C=O) groups excluding carboxylic acids is 3. The first-order valence-electron chi connectivity index (χ1n) is 14.0. The maximum atomic E-state index is 13.7. The van der Waals surface area contributed by atoms with E-state index >= 15 is 0 Å². The van der Waals surface area contributed by atoms with Crippen LogP contribution in [0.15, 0.2) is 36.4 Å². The Kier molecular flexibility index (Phi) is 8.89. The minimum atomic E-state index is -1.32. The van der Waals surface area contributed by atoms with E-state index in [1.54, 1.807) is 34.6 Å². The molecule has 2 aliphatic heterocycles. The molecule has 4 rings (SSSR count). The maximum absolute atomic E-state index is 13.7. The molecule has 2 aliphatic rings. The number of rotatable bonds is 7. The van der Waals surface area contributed by atoms with Gasteiger partial charge in [-0.2, -0.15) is 0 Å². The summed E-state index contributed by atoms with van der Waals surface area (Å²) in [4.78, 5) is 46.5. The first-order chi connectivity index (χ1) is 19.3. The van der Waals surface area contributed by atoms with Gasteiger partial charge in [0.2, 0.25) is 5.91 Å². The van der Waals surface area contributed by atoms with Gasteiger partial charge in [-0.1, -0.05) is 12.1 Å². The molecule has 2 unspecified atom stereocenters. The van der Waals surface area contributed by atoms with Gasteiger partial charge in [-0.25, -0.2) is 10.3 Å². The number of nitrogens with two attached hydrogens (primary N) is 1. The van der Waals surface area contributed by atoms with E-state index in [-0.39, 0.29) is 18.4 Å². The average molecular weight is 568 g/mol. The lowest BCUT2D eigenvalue weighted by Crippen LogP contribution is -2.56. The lowest BCUT2D eigenvalue weighted by atomic mass is 9.87. The number of ether oxygens (including phenoxy) is 2. The maximum Gasteiger partial charge on any atom is 0.410 e. The van der Waals surface area contributed by atoms with E-state index < -0.39 is 29.2 Å². The van der Waals surface area contributed by atoms with E-state index in [0.717, 1.165) is 17.0 Å². The average Bonchev–Trinajstić information content (AvgIpc) is 3.21. The standard InChI is InChI=1S/C30H41N5O6/c1-19-16-21(17-20(2)32-19)18-40-24-8-6-23(7-9-24)30(31)12-15-35(27(30)37)25(26(36)33-39)22-10-13-34(14-11-22)28(38)41-29(3,4)5/h6-9,16-17,22,25,39H,10-15,18,31H2,1-5H3,(H,33,36). The molecule has 2 saturated heterocycles. The number of aryl methyl sites for hydroxylation is 2. The summed E-state index contributed by atoms with van der Waals surface area (Å²) < 4.78 is 11.4. The molecule has 1 aromatic heterocycles. The van der Waals surface area contributed by atoms with Crippen LogP contribution in [-0.2, 0) is 26.5 Å². The fourth-order valence-electron chi connectivity index (χ4n) is 5.71. The zero-order valence-electron chi connectivity index (χ0n) is 24.5. The van der Waals surface area contributed by atoms with Crippen molar-refractivity contribution < 1.29 is 29.1 Å². The van der Waals surface area contributed by atoms with Crippen molar-refractivity contribution in [1.82, 2.24) is 20.3 Å². The van der Waals surface area contributed by atoms with Gasteiger partial charge in [-0.15, -0.1) is 0 Å². The smallest absolute Gasteiger partial charge is 0.410 e. The molecule has 2 fully saturated rings. The molecule has 3 heterocycles. The first kappa shape index (κ1) is 30.3. The van der Waals surface area contributed by atoms with Crippen LogP contribution in [0.5, 0.6) is 5.75 Å². The van der Waals surface area contributed by atoms with Crippen LogP contribution in [0.1, 0.15) is 62.5 Å².